The maximum atomic E-state index is 13.8. The van der Waals surface area contributed by atoms with E-state index in [1.54, 1.807) is 30.8 Å². The summed E-state index contributed by atoms with van der Waals surface area (Å²) in [5.74, 6) is -2.36. The van der Waals surface area contributed by atoms with Gasteiger partial charge >= 0.3 is 6.03 Å². The van der Waals surface area contributed by atoms with Crippen LogP contribution in [0.1, 0.15) is 11.1 Å². The zero-order chi connectivity index (χ0) is 26.8. The zero-order valence-electron chi connectivity index (χ0n) is 20.1. The molecular formula is C26H22F3N5O2S2. The molecule has 1 atom stereocenters. The molecule has 1 unspecified atom stereocenters. The van der Waals surface area contributed by atoms with Crippen molar-refractivity contribution in [3.05, 3.63) is 88.7 Å². The number of aromatic nitrogens is 1. The Morgan fingerprint density at radius 1 is 1.08 bits per heavy atom. The Morgan fingerprint density at radius 2 is 1.87 bits per heavy atom. The van der Waals surface area contributed by atoms with Crippen molar-refractivity contribution in [3.8, 4) is 0 Å². The molecule has 3 aromatic carbocycles. The highest BCUT2D eigenvalue weighted by Gasteiger charge is 2.27. The van der Waals surface area contributed by atoms with Crippen molar-refractivity contribution < 1.29 is 22.8 Å². The molecule has 1 aliphatic heterocycles. The topological polar surface area (TPSA) is 77.6 Å². The van der Waals surface area contributed by atoms with Crippen molar-refractivity contribution in [3.63, 3.8) is 0 Å². The average molecular weight is 558 g/mol. The number of rotatable bonds is 7. The predicted molar refractivity (Wildman–Crippen MR) is 144 cm³/mol. The lowest BCUT2D eigenvalue weighted by molar-refractivity contribution is -0.120. The summed E-state index contributed by atoms with van der Waals surface area (Å²) in [5.41, 5.74) is 4.82. The fraction of sp³-hybridized carbons (Fsp3) is 0.192. The molecule has 196 valence electrons. The van der Waals surface area contributed by atoms with Crippen molar-refractivity contribution in [1.82, 2.24) is 15.0 Å². The number of fused-ring (bicyclic) bond motifs is 2. The summed E-state index contributed by atoms with van der Waals surface area (Å²) >= 11 is 2.48. The van der Waals surface area contributed by atoms with Gasteiger partial charge < -0.3 is 10.2 Å². The molecule has 7 nitrogen and oxygen atoms in total. The fourth-order valence-corrected chi connectivity index (χ4v) is 5.67. The molecule has 12 heteroatoms. The standard InChI is InChI=1S/C26H22F3N5O2S2/c1-33(20-3-5-24-21(13-20)30-14-37-24)25(35)22(10-15-8-18(28)12-19(29)9-15)31-26(36)32-38-34-7-6-16-11-17(27)2-4-23(16)34/h2-5,8-9,11-14,22H,6-7,10H2,1H3,(H2,31,32,36). The van der Waals surface area contributed by atoms with Gasteiger partial charge in [-0.3, -0.25) is 13.8 Å². The lowest BCUT2D eigenvalue weighted by Crippen LogP contribution is -2.51. The number of likely N-dealkylation sites (N-methyl/N-ethyl adjacent to an activating group) is 1. The Hall–Kier alpha value is -3.77. The number of anilines is 2. The first-order valence-corrected chi connectivity index (χ1v) is 13.3. The third-order valence-electron chi connectivity index (χ3n) is 6.14. The van der Waals surface area contributed by atoms with Gasteiger partial charge in [-0.05, 0) is 66.1 Å². The highest BCUT2D eigenvalue weighted by atomic mass is 32.2. The minimum absolute atomic E-state index is 0.138. The molecule has 0 saturated heterocycles. The minimum Gasteiger partial charge on any atom is -0.325 e. The van der Waals surface area contributed by atoms with Crippen LogP contribution < -0.4 is 19.2 Å². The number of amides is 3. The van der Waals surface area contributed by atoms with Gasteiger partial charge in [-0.25, -0.2) is 22.9 Å². The van der Waals surface area contributed by atoms with Crippen LogP contribution in [0.5, 0.6) is 0 Å². The van der Waals surface area contributed by atoms with Crippen LogP contribution in [0.4, 0.5) is 29.3 Å². The summed E-state index contributed by atoms with van der Waals surface area (Å²) in [6.07, 6.45) is 0.491. The summed E-state index contributed by atoms with van der Waals surface area (Å²) in [6, 6.07) is 11.0. The Labute approximate surface area is 224 Å². The second-order valence-electron chi connectivity index (χ2n) is 8.73. The van der Waals surface area contributed by atoms with Gasteiger partial charge in [0.1, 0.15) is 23.5 Å². The van der Waals surface area contributed by atoms with E-state index in [-0.39, 0.29) is 17.8 Å². The smallest absolute Gasteiger partial charge is 0.325 e. The highest BCUT2D eigenvalue weighted by molar-refractivity contribution is 7.99. The van der Waals surface area contributed by atoms with Gasteiger partial charge in [-0.15, -0.1) is 11.3 Å². The third kappa shape index (κ3) is 5.70. The molecule has 3 amide bonds. The van der Waals surface area contributed by atoms with Gasteiger partial charge in [0.15, 0.2) is 0 Å². The van der Waals surface area contributed by atoms with Crippen molar-refractivity contribution in [2.75, 3.05) is 22.8 Å². The molecule has 2 heterocycles. The summed E-state index contributed by atoms with van der Waals surface area (Å²) in [4.78, 5) is 32.0. The number of hydrogen-bond donors (Lipinski definition) is 2. The monoisotopic (exact) mass is 557 g/mol. The number of benzene rings is 3. The fourth-order valence-electron chi connectivity index (χ4n) is 4.30. The lowest BCUT2D eigenvalue weighted by atomic mass is 10.0. The molecule has 0 spiro atoms. The third-order valence-corrected chi connectivity index (χ3v) is 7.83. The molecule has 0 radical (unpaired) electrons. The van der Waals surface area contributed by atoms with E-state index in [0.29, 0.717) is 18.7 Å². The largest absolute Gasteiger partial charge is 0.326 e. The van der Waals surface area contributed by atoms with Gasteiger partial charge in [0.25, 0.3) is 0 Å². The summed E-state index contributed by atoms with van der Waals surface area (Å²) in [7, 11) is 1.56. The molecular weight excluding hydrogens is 535 g/mol. The SMILES string of the molecule is CN(C(=O)C(Cc1cc(F)cc(F)c1)NC(=O)NSN1CCc2cc(F)ccc21)c1ccc2scnc2c1. The first kappa shape index (κ1) is 25.9. The van der Waals surface area contributed by atoms with Crippen molar-refractivity contribution in [2.24, 2.45) is 0 Å². The van der Waals surface area contributed by atoms with E-state index in [4.69, 9.17) is 0 Å². The summed E-state index contributed by atoms with van der Waals surface area (Å²) in [6.45, 7) is 0.566. The first-order valence-electron chi connectivity index (χ1n) is 11.6. The Morgan fingerprint density at radius 3 is 2.66 bits per heavy atom. The number of thiazole rings is 1. The molecule has 4 aromatic rings. The van der Waals surface area contributed by atoms with Gasteiger partial charge in [-0.2, -0.15) is 0 Å². The number of carbonyl (C=O) groups is 2. The highest BCUT2D eigenvalue weighted by Crippen LogP contribution is 2.32. The number of halogens is 3. The second kappa shape index (κ2) is 10.9. The number of urea groups is 1. The van der Waals surface area contributed by atoms with Gasteiger partial charge in [-0.1, -0.05) is 0 Å². The Balaban J connectivity index is 1.31. The molecule has 0 aliphatic carbocycles. The normalized spacial score (nSPS) is 13.3. The van der Waals surface area contributed by atoms with Crippen LogP contribution in [0.15, 0.2) is 60.1 Å². The lowest BCUT2D eigenvalue weighted by Gasteiger charge is -2.25. The van der Waals surface area contributed by atoms with Crippen LogP contribution in [0.25, 0.3) is 10.2 Å². The number of hydrogen-bond acceptors (Lipinski definition) is 6. The van der Waals surface area contributed by atoms with E-state index >= 15 is 0 Å². The number of nitrogens with zero attached hydrogens (tertiary/aromatic N) is 3. The predicted octanol–water partition coefficient (Wildman–Crippen LogP) is 5.21. The second-order valence-corrected chi connectivity index (χ2v) is 10.4. The van der Waals surface area contributed by atoms with E-state index < -0.39 is 29.6 Å². The Bertz CT molecular complexity index is 1500. The van der Waals surface area contributed by atoms with E-state index in [0.717, 1.165) is 51.8 Å². The van der Waals surface area contributed by atoms with E-state index in [9.17, 15) is 22.8 Å². The molecule has 0 bridgehead atoms. The van der Waals surface area contributed by atoms with Gasteiger partial charge in [0.05, 0.1) is 33.5 Å². The molecule has 5 rings (SSSR count). The van der Waals surface area contributed by atoms with Gasteiger partial charge in [0.2, 0.25) is 5.91 Å². The molecule has 38 heavy (non-hydrogen) atoms. The van der Waals surface area contributed by atoms with Crippen LogP contribution in [-0.4, -0.2) is 36.6 Å². The van der Waals surface area contributed by atoms with E-state index in [1.807, 2.05) is 10.4 Å². The average Bonchev–Trinajstić information content (AvgIpc) is 3.51. The molecule has 1 aliphatic rings. The molecule has 0 fully saturated rings. The zero-order valence-corrected chi connectivity index (χ0v) is 21.7. The van der Waals surface area contributed by atoms with Gasteiger partial charge in [0, 0.05) is 31.8 Å². The Kier molecular flexibility index (Phi) is 7.43. The van der Waals surface area contributed by atoms with Crippen LogP contribution in [0, 0.1) is 17.5 Å². The maximum absolute atomic E-state index is 13.8. The first-order chi connectivity index (χ1) is 18.3. The van der Waals surface area contributed by atoms with Crippen LogP contribution in [-0.2, 0) is 17.6 Å². The van der Waals surface area contributed by atoms with Crippen LogP contribution in [0.3, 0.4) is 0 Å². The molecule has 0 saturated carbocycles. The summed E-state index contributed by atoms with van der Waals surface area (Å²) < 4.78 is 46.6. The number of nitrogens with one attached hydrogen (secondary N) is 2. The van der Waals surface area contributed by atoms with Crippen molar-refractivity contribution in [2.45, 2.75) is 18.9 Å². The minimum atomic E-state index is -1.13. The number of carbonyl (C=O) groups excluding carboxylic acids is 2. The maximum Gasteiger partial charge on any atom is 0.326 e. The summed E-state index contributed by atoms with van der Waals surface area (Å²) in [5, 5.41) is 2.64. The van der Waals surface area contributed by atoms with E-state index in [1.165, 1.54) is 28.4 Å². The quantitative estimate of drug-likeness (QED) is 0.305. The molecule has 2 N–H and O–H groups in total. The van der Waals surface area contributed by atoms with Crippen molar-refractivity contribution in [1.29, 1.82) is 0 Å². The van der Waals surface area contributed by atoms with Crippen molar-refractivity contribution >= 4 is 57.0 Å². The van der Waals surface area contributed by atoms with Crippen LogP contribution in [0.2, 0.25) is 0 Å². The van der Waals surface area contributed by atoms with Crippen LogP contribution >= 0.6 is 23.5 Å². The van der Waals surface area contributed by atoms with E-state index in [2.05, 4.69) is 15.0 Å². The molecule has 1 aromatic heterocycles.